The lowest BCUT2D eigenvalue weighted by Crippen LogP contribution is -2.37. The Balaban J connectivity index is 0.000000388. The first-order valence-corrected chi connectivity index (χ1v) is 5.50. The molecule has 0 amide bonds. The van der Waals surface area contributed by atoms with Crippen LogP contribution >= 0.6 is 0 Å². The zero-order valence-electron chi connectivity index (χ0n) is 10.2. The molecule has 0 saturated heterocycles. The minimum atomic E-state index is -2.63. The highest BCUT2D eigenvalue weighted by molar-refractivity contribution is 5.02. The lowest BCUT2D eigenvalue weighted by molar-refractivity contribution is 0.0330. The van der Waals surface area contributed by atoms with Crippen LogP contribution in [0.2, 0.25) is 0 Å². The molecule has 1 N–H and O–H groups in total. The van der Waals surface area contributed by atoms with Gasteiger partial charge in [0.2, 0.25) is 0 Å². The van der Waals surface area contributed by atoms with Crippen molar-refractivity contribution in [1.82, 2.24) is 5.54 Å². The van der Waals surface area contributed by atoms with Crippen molar-refractivity contribution >= 4 is 0 Å². The van der Waals surface area contributed by atoms with Gasteiger partial charge in [-0.3, -0.25) is 0 Å². The van der Waals surface area contributed by atoms with E-state index < -0.39 is 31.2 Å². The molecule has 1 rings (SSSR count). The predicted octanol–water partition coefficient (Wildman–Crippen LogP) is 3.66. The molecule has 0 radical (unpaired) electrons. The molecule has 7 heteroatoms. The highest BCUT2D eigenvalue weighted by Crippen LogP contribution is 2.16. The van der Waals surface area contributed by atoms with Crippen LogP contribution < -0.4 is 5.54 Å². The van der Waals surface area contributed by atoms with Gasteiger partial charge in [-0.25, -0.2) is 22.0 Å². The van der Waals surface area contributed by atoms with Crippen molar-refractivity contribution in [3.05, 3.63) is 36.1 Å². The van der Waals surface area contributed by atoms with Crippen molar-refractivity contribution in [3.63, 3.8) is 0 Å². The van der Waals surface area contributed by atoms with E-state index in [1.807, 2.05) is 0 Å². The standard InChI is InChI=1S/C6H10F5N.C6H5F/c1-3(7)5(9)6(10)4(8)2-12-11;7-6-4-2-1-3-5-6/h3-6,12H,2H2,1H3;1-5H. The first kappa shape index (κ1) is 17.8. The fraction of sp³-hybridized carbons (Fsp3) is 0.500. The number of benzene rings is 1. The van der Waals surface area contributed by atoms with E-state index in [-0.39, 0.29) is 5.82 Å². The van der Waals surface area contributed by atoms with Crippen molar-refractivity contribution in [3.8, 4) is 0 Å². The second-order valence-corrected chi connectivity index (χ2v) is 3.72. The van der Waals surface area contributed by atoms with Gasteiger partial charge in [-0.1, -0.05) is 18.2 Å². The van der Waals surface area contributed by atoms with E-state index in [1.54, 1.807) is 18.2 Å². The van der Waals surface area contributed by atoms with Gasteiger partial charge in [-0.15, -0.1) is 4.48 Å². The smallest absolute Gasteiger partial charge is 0.166 e. The van der Waals surface area contributed by atoms with Crippen molar-refractivity contribution < 1.29 is 26.4 Å². The average molecular weight is 287 g/mol. The van der Waals surface area contributed by atoms with Gasteiger partial charge in [0.15, 0.2) is 12.3 Å². The predicted molar refractivity (Wildman–Crippen MR) is 60.8 cm³/mol. The van der Waals surface area contributed by atoms with Crippen LogP contribution in [0.3, 0.4) is 0 Å². The summed E-state index contributed by atoms with van der Waals surface area (Å²) in [6.45, 7) is -0.207. The van der Waals surface area contributed by atoms with E-state index >= 15 is 0 Å². The lowest BCUT2D eigenvalue weighted by atomic mass is 10.1. The molecule has 1 aromatic carbocycles. The summed E-state index contributed by atoms with van der Waals surface area (Å²) in [6, 6.07) is 7.94. The molecule has 0 aromatic heterocycles. The highest BCUT2D eigenvalue weighted by atomic mass is 19.2. The van der Waals surface area contributed by atoms with Crippen LogP contribution in [-0.2, 0) is 0 Å². The largest absolute Gasteiger partial charge is 0.244 e. The summed E-state index contributed by atoms with van der Waals surface area (Å²) < 4.78 is 72.3. The second-order valence-electron chi connectivity index (χ2n) is 3.72. The minimum absolute atomic E-state index is 0.178. The minimum Gasteiger partial charge on any atom is -0.244 e. The van der Waals surface area contributed by atoms with E-state index in [4.69, 9.17) is 0 Å². The second kappa shape index (κ2) is 9.66. The summed E-state index contributed by atoms with van der Waals surface area (Å²) in [7, 11) is 0. The van der Waals surface area contributed by atoms with Crippen molar-refractivity contribution in [2.75, 3.05) is 6.54 Å². The number of alkyl halides is 4. The fourth-order valence-corrected chi connectivity index (χ4v) is 1.05. The van der Waals surface area contributed by atoms with Gasteiger partial charge in [-0.05, 0) is 19.1 Å². The van der Waals surface area contributed by atoms with E-state index in [9.17, 15) is 26.4 Å². The summed E-state index contributed by atoms with van der Waals surface area (Å²) >= 11 is 0. The first-order chi connectivity index (χ1) is 8.90. The third kappa shape index (κ3) is 7.71. The first-order valence-electron chi connectivity index (χ1n) is 5.50. The Morgan fingerprint density at radius 2 is 1.53 bits per heavy atom. The van der Waals surface area contributed by atoms with Gasteiger partial charge in [-0.2, -0.15) is 5.54 Å². The molecule has 1 aromatic rings. The number of hydrogen-bond donors (Lipinski definition) is 1. The summed E-state index contributed by atoms with van der Waals surface area (Å²) in [6.07, 6.45) is -9.65. The van der Waals surface area contributed by atoms with Crippen LogP contribution in [0.15, 0.2) is 30.3 Å². The molecule has 19 heavy (non-hydrogen) atoms. The maximum absolute atomic E-state index is 12.4. The van der Waals surface area contributed by atoms with Crippen LogP contribution in [0.5, 0.6) is 0 Å². The normalized spacial score (nSPS) is 16.8. The zero-order valence-corrected chi connectivity index (χ0v) is 10.2. The maximum Gasteiger partial charge on any atom is 0.166 e. The Morgan fingerprint density at radius 1 is 1.00 bits per heavy atom. The van der Waals surface area contributed by atoms with E-state index in [2.05, 4.69) is 0 Å². The zero-order chi connectivity index (χ0) is 14.8. The molecule has 0 bridgehead atoms. The van der Waals surface area contributed by atoms with Crippen LogP contribution in [0.1, 0.15) is 6.92 Å². The quantitative estimate of drug-likeness (QED) is 0.644. The lowest BCUT2D eigenvalue weighted by Gasteiger charge is -2.17. The van der Waals surface area contributed by atoms with E-state index in [0.717, 1.165) is 12.5 Å². The third-order valence-electron chi connectivity index (χ3n) is 2.09. The Morgan fingerprint density at radius 3 is 1.84 bits per heavy atom. The van der Waals surface area contributed by atoms with Gasteiger partial charge in [0, 0.05) is 0 Å². The summed E-state index contributed by atoms with van der Waals surface area (Å²) in [5, 5.41) is 0. The van der Waals surface area contributed by atoms with Crippen molar-refractivity contribution in [1.29, 1.82) is 0 Å². The molecule has 0 fully saturated rings. The number of rotatable bonds is 5. The monoisotopic (exact) mass is 287 g/mol. The molecule has 0 heterocycles. The summed E-state index contributed by atoms with van der Waals surface area (Å²) in [4.78, 5) is 0. The molecule has 0 aliphatic heterocycles. The molecule has 110 valence electrons. The number of hydrogen-bond acceptors (Lipinski definition) is 1. The molecule has 4 atom stereocenters. The molecule has 4 unspecified atom stereocenters. The summed E-state index contributed by atoms with van der Waals surface area (Å²) in [5.74, 6) is -0.178. The van der Waals surface area contributed by atoms with Crippen LogP contribution in [0.4, 0.5) is 26.4 Å². The molecular weight excluding hydrogens is 272 g/mol. The van der Waals surface area contributed by atoms with Gasteiger partial charge in [0.05, 0.1) is 6.54 Å². The van der Waals surface area contributed by atoms with Crippen LogP contribution in [0.25, 0.3) is 0 Å². The Kier molecular flexibility index (Phi) is 9.03. The van der Waals surface area contributed by atoms with Crippen molar-refractivity contribution in [2.45, 2.75) is 31.6 Å². The average Bonchev–Trinajstić information content (AvgIpc) is 2.38. The van der Waals surface area contributed by atoms with Gasteiger partial charge < -0.3 is 0 Å². The molecule has 1 nitrogen and oxygen atoms in total. The van der Waals surface area contributed by atoms with Gasteiger partial charge in [0.1, 0.15) is 18.2 Å². The number of halogens is 6. The summed E-state index contributed by atoms with van der Waals surface area (Å²) in [5.41, 5.74) is 0.838. The molecule has 0 spiro atoms. The van der Waals surface area contributed by atoms with Crippen molar-refractivity contribution in [2.24, 2.45) is 0 Å². The third-order valence-corrected chi connectivity index (χ3v) is 2.09. The molecular formula is C12H15F6N. The highest BCUT2D eigenvalue weighted by Gasteiger charge is 2.33. The molecule has 0 aliphatic rings. The Labute approximate surface area is 107 Å². The van der Waals surface area contributed by atoms with Crippen LogP contribution in [-0.4, -0.2) is 31.2 Å². The Bertz CT molecular complexity index is 321. The van der Waals surface area contributed by atoms with Crippen LogP contribution in [0, 0.1) is 5.82 Å². The molecule has 0 aliphatic carbocycles. The topological polar surface area (TPSA) is 12.0 Å². The maximum atomic E-state index is 12.4. The van der Waals surface area contributed by atoms with Gasteiger partial charge in [0.25, 0.3) is 0 Å². The van der Waals surface area contributed by atoms with E-state index in [1.165, 1.54) is 12.1 Å². The molecule has 0 saturated carbocycles. The van der Waals surface area contributed by atoms with E-state index in [0.29, 0.717) is 0 Å². The van der Waals surface area contributed by atoms with Gasteiger partial charge >= 0.3 is 0 Å². The Hall–Kier alpha value is -1.24. The SMILES string of the molecule is CC(F)C(F)C(F)C(F)CNF.Fc1ccccc1. The fourth-order valence-electron chi connectivity index (χ4n) is 1.05. The number of nitrogens with one attached hydrogen (secondary N) is 1.